The number of aliphatic carboxylic acids is 1. The van der Waals surface area contributed by atoms with Gasteiger partial charge in [-0.2, -0.15) is 0 Å². The molecule has 4 rings (SSSR count). The molecule has 4 aromatic rings. The molecular weight excluding hydrogens is 474 g/mol. The summed E-state index contributed by atoms with van der Waals surface area (Å²) >= 11 is 1.57. The maximum atomic E-state index is 12.9. The van der Waals surface area contributed by atoms with Gasteiger partial charge in [-0.25, -0.2) is 0 Å². The number of para-hydroxylation sites is 1. The van der Waals surface area contributed by atoms with Gasteiger partial charge in [-0.3, -0.25) is 9.59 Å². The van der Waals surface area contributed by atoms with E-state index in [0.717, 1.165) is 44.1 Å². The standard InChI is InChI=1S/C28H29N3O4S/c1-31(20-10-12-21(35-2)13-11-20)28(34)24(29)15-18-6-5-7-19(14-18)17-36-27-23(16-26(32)33)22-8-3-4-9-25(22)30-27/h3-14,24,30H,15-17,29H2,1-2H3,(H,32,33). The number of benzene rings is 3. The molecule has 0 spiro atoms. The molecule has 0 radical (unpaired) electrons. The number of hydrogen-bond acceptors (Lipinski definition) is 5. The first-order chi connectivity index (χ1) is 17.4. The number of likely N-dealkylation sites (N-methyl/N-ethyl adjacent to an activating group) is 1. The van der Waals surface area contributed by atoms with Crippen LogP contribution < -0.4 is 15.4 Å². The van der Waals surface area contributed by atoms with Crippen LogP contribution in [0.4, 0.5) is 5.69 Å². The van der Waals surface area contributed by atoms with Crippen LogP contribution in [0, 0.1) is 0 Å². The predicted molar refractivity (Wildman–Crippen MR) is 144 cm³/mol. The number of amides is 1. The molecule has 1 aromatic heterocycles. The van der Waals surface area contributed by atoms with Gasteiger partial charge in [-0.15, -0.1) is 11.8 Å². The average Bonchev–Trinajstić information content (AvgIpc) is 3.23. The zero-order valence-electron chi connectivity index (χ0n) is 20.2. The maximum absolute atomic E-state index is 12.9. The summed E-state index contributed by atoms with van der Waals surface area (Å²) in [7, 11) is 3.31. The van der Waals surface area contributed by atoms with E-state index in [4.69, 9.17) is 10.5 Å². The number of nitrogens with two attached hydrogens (primary N) is 1. The smallest absolute Gasteiger partial charge is 0.307 e. The number of carboxylic acid groups (broad SMARTS) is 1. The van der Waals surface area contributed by atoms with E-state index in [-0.39, 0.29) is 12.3 Å². The second-order valence-corrected chi connectivity index (χ2v) is 9.55. The highest BCUT2D eigenvalue weighted by Gasteiger charge is 2.20. The number of methoxy groups -OCH3 is 1. The molecule has 0 saturated carbocycles. The van der Waals surface area contributed by atoms with Crippen LogP contribution in [-0.2, 0) is 28.2 Å². The molecule has 0 aliphatic carbocycles. The third-order valence-electron chi connectivity index (χ3n) is 6.04. The van der Waals surface area contributed by atoms with Crippen molar-refractivity contribution in [1.29, 1.82) is 0 Å². The molecule has 4 N–H and O–H groups in total. The zero-order valence-corrected chi connectivity index (χ0v) is 21.0. The van der Waals surface area contributed by atoms with Crippen LogP contribution in [0.1, 0.15) is 16.7 Å². The number of rotatable bonds is 10. The molecule has 0 fully saturated rings. The van der Waals surface area contributed by atoms with E-state index in [2.05, 4.69) is 4.98 Å². The largest absolute Gasteiger partial charge is 0.497 e. The summed E-state index contributed by atoms with van der Waals surface area (Å²) in [5, 5.41) is 11.2. The molecule has 0 saturated heterocycles. The third kappa shape index (κ3) is 5.90. The average molecular weight is 504 g/mol. The van der Waals surface area contributed by atoms with Crippen LogP contribution in [-0.4, -0.2) is 42.2 Å². The summed E-state index contributed by atoms with van der Waals surface area (Å²) in [6, 6.07) is 22.3. The van der Waals surface area contributed by atoms with Gasteiger partial charge in [-0.05, 0) is 47.9 Å². The molecule has 8 heteroatoms. The Balaban J connectivity index is 1.42. The number of hydrogen-bond donors (Lipinski definition) is 3. The van der Waals surface area contributed by atoms with Crippen molar-refractivity contribution in [3.8, 4) is 5.75 Å². The van der Waals surface area contributed by atoms with E-state index >= 15 is 0 Å². The molecule has 1 amide bonds. The number of carbonyl (C=O) groups excluding carboxylic acids is 1. The fourth-order valence-electron chi connectivity index (χ4n) is 4.15. The lowest BCUT2D eigenvalue weighted by Crippen LogP contribution is -2.43. The Hall–Kier alpha value is -3.75. The molecule has 1 unspecified atom stereocenters. The second-order valence-electron chi connectivity index (χ2n) is 8.56. The number of aromatic amines is 1. The number of carbonyl (C=O) groups is 2. The number of aromatic nitrogens is 1. The van der Waals surface area contributed by atoms with Gasteiger partial charge >= 0.3 is 5.97 Å². The third-order valence-corrected chi connectivity index (χ3v) is 7.15. The van der Waals surface area contributed by atoms with Crippen molar-refractivity contribution in [2.75, 3.05) is 19.1 Å². The lowest BCUT2D eigenvalue weighted by molar-refractivity contribution is -0.136. The van der Waals surface area contributed by atoms with E-state index in [1.165, 1.54) is 0 Å². The van der Waals surface area contributed by atoms with Crippen molar-refractivity contribution in [3.05, 3.63) is 89.5 Å². The highest BCUT2D eigenvalue weighted by Crippen LogP contribution is 2.32. The summed E-state index contributed by atoms with van der Waals surface area (Å²) in [4.78, 5) is 29.3. The Kier molecular flexibility index (Phi) is 7.97. The van der Waals surface area contributed by atoms with Crippen molar-refractivity contribution in [2.24, 2.45) is 5.73 Å². The van der Waals surface area contributed by atoms with Gasteiger partial charge in [0, 0.05) is 35.0 Å². The normalized spacial score (nSPS) is 11.9. The SMILES string of the molecule is COc1ccc(N(C)C(=O)C(N)Cc2cccc(CSc3[nH]c4ccccc4c3CC(=O)O)c2)cc1. The maximum Gasteiger partial charge on any atom is 0.307 e. The fourth-order valence-corrected chi connectivity index (χ4v) is 5.18. The Morgan fingerprint density at radius 3 is 2.50 bits per heavy atom. The molecule has 7 nitrogen and oxygen atoms in total. The number of nitrogens with one attached hydrogen (secondary N) is 1. The van der Waals surface area contributed by atoms with Crippen molar-refractivity contribution < 1.29 is 19.4 Å². The Morgan fingerprint density at radius 1 is 1.06 bits per heavy atom. The first-order valence-electron chi connectivity index (χ1n) is 11.5. The molecule has 3 aromatic carbocycles. The van der Waals surface area contributed by atoms with Crippen LogP contribution in [0.25, 0.3) is 10.9 Å². The minimum atomic E-state index is -0.859. The Bertz CT molecular complexity index is 1370. The minimum Gasteiger partial charge on any atom is -0.497 e. The number of fused-ring (bicyclic) bond motifs is 1. The number of anilines is 1. The molecular formula is C28H29N3O4S. The number of carboxylic acids is 1. The Labute approximate surface area is 214 Å². The Morgan fingerprint density at radius 2 is 1.78 bits per heavy atom. The molecule has 1 heterocycles. The van der Waals surface area contributed by atoms with Gasteiger partial charge in [0.1, 0.15) is 5.75 Å². The van der Waals surface area contributed by atoms with Crippen LogP contribution >= 0.6 is 11.8 Å². The lowest BCUT2D eigenvalue weighted by atomic mass is 10.0. The van der Waals surface area contributed by atoms with Gasteiger partial charge in [0.25, 0.3) is 0 Å². The zero-order chi connectivity index (χ0) is 25.7. The predicted octanol–water partition coefficient (Wildman–Crippen LogP) is 4.63. The van der Waals surface area contributed by atoms with E-state index in [1.54, 1.807) is 43.0 Å². The van der Waals surface area contributed by atoms with Gasteiger partial charge < -0.3 is 25.5 Å². The van der Waals surface area contributed by atoms with Crippen molar-refractivity contribution in [1.82, 2.24) is 4.98 Å². The quantitative estimate of drug-likeness (QED) is 0.272. The van der Waals surface area contributed by atoms with Crippen LogP contribution in [0.15, 0.2) is 77.8 Å². The van der Waals surface area contributed by atoms with Gasteiger partial charge in [0.05, 0.1) is 24.6 Å². The molecule has 1 atom stereocenters. The van der Waals surface area contributed by atoms with E-state index in [0.29, 0.717) is 12.2 Å². The topological polar surface area (TPSA) is 109 Å². The molecule has 36 heavy (non-hydrogen) atoms. The minimum absolute atomic E-state index is 0.0366. The summed E-state index contributed by atoms with van der Waals surface area (Å²) < 4.78 is 5.18. The van der Waals surface area contributed by atoms with Gasteiger partial charge in [0.2, 0.25) is 5.91 Å². The highest BCUT2D eigenvalue weighted by molar-refractivity contribution is 7.98. The summed E-state index contributed by atoms with van der Waals surface area (Å²) in [5.41, 5.74) is 10.8. The first-order valence-corrected chi connectivity index (χ1v) is 12.5. The molecule has 186 valence electrons. The summed E-state index contributed by atoms with van der Waals surface area (Å²) in [6.45, 7) is 0. The summed E-state index contributed by atoms with van der Waals surface area (Å²) in [6.07, 6.45) is 0.375. The number of thioether (sulfide) groups is 1. The van der Waals surface area contributed by atoms with E-state index in [9.17, 15) is 14.7 Å². The lowest BCUT2D eigenvalue weighted by Gasteiger charge is -2.22. The van der Waals surface area contributed by atoms with E-state index < -0.39 is 12.0 Å². The summed E-state index contributed by atoms with van der Waals surface area (Å²) in [5.74, 6) is 0.349. The first kappa shape index (κ1) is 25.3. The van der Waals surface area contributed by atoms with Crippen LogP contribution in [0.2, 0.25) is 0 Å². The number of nitrogens with zero attached hydrogens (tertiary/aromatic N) is 1. The number of ether oxygens (including phenoxy) is 1. The van der Waals surface area contributed by atoms with Gasteiger partial charge in [0.15, 0.2) is 0 Å². The second kappa shape index (κ2) is 11.3. The van der Waals surface area contributed by atoms with Crippen LogP contribution in [0.5, 0.6) is 5.75 Å². The van der Waals surface area contributed by atoms with Crippen molar-refractivity contribution in [3.63, 3.8) is 0 Å². The van der Waals surface area contributed by atoms with Crippen molar-refractivity contribution in [2.45, 2.75) is 29.7 Å². The molecule has 0 aliphatic rings. The highest BCUT2D eigenvalue weighted by atomic mass is 32.2. The fraction of sp³-hybridized carbons (Fsp3) is 0.214. The monoisotopic (exact) mass is 503 g/mol. The molecule has 0 bridgehead atoms. The van der Waals surface area contributed by atoms with E-state index in [1.807, 2.05) is 60.7 Å². The van der Waals surface area contributed by atoms with Crippen molar-refractivity contribution >= 4 is 40.2 Å². The number of H-pyrrole nitrogens is 1. The molecule has 0 aliphatic heterocycles. The van der Waals surface area contributed by atoms with Gasteiger partial charge in [-0.1, -0.05) is 42.5 Å². The van der Waals surface area contributed by atoms with Crippen LogP contribution in [0.3, 0.4) is 0 Å².